The molecule has 0 saturated carbocycles. The Morgan fingerprint density at radius 1 is 1.36 bits per heavy atom. The van der Waals surface area contributed by atoms with Gasteiger partial charge in [-0.15, -0.1) is 0 Å². The third-order valence-electron chi connectivity index (χ3n) is 3.22. The number of nitrogen functional groups attached to an aromatic ring is 1. The minimum absolute atomic E-state index is 0.106. The van der Waals surface area contributed by atoms with Crippen LogP contribution in [0.2, 0.25) is 0 Å². The van der Waals surface area contributed by atoms with Crippen molar-refractivity contribution in [3.05, 3.63) is 23.8 Å². The molecule has 22 heavy (non-hydrogen) atoms. The fourth-order valence-electron chi connectivity index (χ4n) is 2.56. The van der Waals surface area contributed by atoms with E-state index in [1.165, 1.54) is 4.90 Å². The van der Waals surface area contributed by atoms with E-state index in [9.17, 15) is 9.90 Å². The summed E-state index contributed by atoms with van der Waals surface area (Å²) in [4.78, 5) is 12.9. The van der Waals surface area contributed by atoms with Crippen molar-refractivity contribution in [2.75, 3.05) is 12.3 Å². The molecule has 0 heterocycles. The molecule has 1 rings (SSSR count). The molecule has 0 spiro atoms. The van der Waals surface area contributed by atoms with Gasteiger partial charge in [-0.3, -0.25) is 4.90 Å². The first-order valence-electron chi connectivity index (χ1n) is 6.95. The number of nitrogens with two attached hydrogens (primary N) is 1. The van der Waals surface area contributed by atoms with Crippen molar-refractivity contribution in [1.82, 2.24) is 4.90 Å². The Labute approximate surface area is 131 Å². The highest BCUT2D eigenvalue weighted by Crippen LogP contribution is 2.28. The van der Waals surface area contributed by atoms with Crippen LogP contribution in [0.4, 0.5) is 10.5 Å². The number of rotatable bonds is 4. The zero-order chi connectivity index (χ0) is 17.1. The van der Waals surface area contributed by atoms with E-state index in [2.05, 4.69) is 0 Å². The molecule has 3 N–H and O–H groups in total. The number of nitrogens with zero attached hydrogens (tertiary/aromatic N) is 2. The molecule has 0 unspecified atom stereocenters. The third-order valence-corrected chi connectivity index (χ3v) is 3.22. The van der Waals surface area contributed by atoms with Gasteiger partial charge >= 0.3 is 6.09 Å². The molecular weight excluding hydrogens is 282 g/mol. The fourth-order valence-corrected chi connectivity index (χ4v) is 2.56. The third kappa shape index (κ3) is 3.82. The quantitative estimate of drug-likeness (QED) is 0.833. The topological polar surface area (TPSA) is 99.6 Å². The van der Waals surface area contributed by atoms with Crippen LogP contribution in [0.25, 0.3) is 0 Å². The lowest BCUT2D eigenvalue weighted by Crippen LogP contribution is -2.59. The molecule has 1 aromatic carbocycles. The molecule has 0 radical (unpaired) electrons. The lowest BCUT2D eigenvalue weighted by Gasteiger charge is -2.44. The lowest BCUT2D eigenvalue weighted by atomic mass is 9.96. The first-order valence-corrected chi connectivity index (χ1v) is 6.95. The highest BCUT2D eigenvalue weighted by Gasteiger charge is 2.39. The Kier molecular flexibility index (Phi) is 4.92. The van der Waals surface area contributed by atoms with E-state index < -0.39 is 17.2 Å². The van der Waals surface area contributed by atoms with E-state index in [4.69, 9.17) is 15.7 Å². The van der Waals surface area contributed by atoms with Crippen LogP contribution in [-0.4, -0.2) is 33.8 Å². The molecule has 1 amide bonds. The first-order chi connectivity index (χ1) is 10.0. The second kappa shape index (κ2) is 6.14. The van der Waals surface area contributed by atoms with Crippen LogP contribution in [0.5, 0.6) is 5.75 Å². The minimum atomic E-state index is -1.02. The van der Waals surface area contributed by atoms with Gasteiger partial charge in [0.15, 0.2) is 0 Å². The van der Waals surface area contributed by atoms with Gasteiger partial charge in [-0.1, -0.05) is 6.07 Å². The first kappa shape index (κ1) is 17.6. The Bertz CT molecular complexity index is 598. The van der Waals surface area contributed by atoms with Crippen molar-refractivity contribution >= 4 is 11.8 Å². The minimum Gasteiger partial charge on any atom is -0.490 e. The fraction of sp³-hybridized carbons (Fsp3) is 0.500. The van der Waals surface area contributed by atoms with Crippen LogP contribution in [-0.2, 0) is 0 Å². The van der Waals surface area contributed by atoms with Gasteiger partial charge in [0.2, 0.25) is 0 Å². The predicted molar refractivity (Wildman–Crippen MR) is 84.8 cm³/mol. The standard InChI is InChI=1S/C16H23N3O3/c1-15(2,3)19(14(20)21)16(4,5)10-22-13-8-6-7-12(18)11(13)9-17/h6-8H,10,18H2,1-5H3,(H,20,21). The van der Waals surface area contributed by atoms with Crippen LogP contribution in [0, 0.1) is 11.3 Å². The van der Waals surface area contributed by atoms with Gasteiger partial charge in [0, 0.05) is 5.54 Å². The molecule has 0 aliphatic rings. The van der Waals surface area contributed by atoms with Gasteiger partial charge in [0.25, 0.3) is 0 Å². The molecule has 0 aliphatic heterocycles. The van der Waals surface area contributed by atoms with Crippen molar-refractivity contribution in [1.29, 1.82) is 5.26 Å². The van der Waals surface area contributed by atoms with Crippen molar-refractivity contribution in [3.8, 4) is 11.8 Å². The Morgan fingerprint density at radius 3 is 2.41 bits per heavy atom. The average molecular weight is 305 g/mol. The van der Waals surface area contributed by atoms with Crippen molar-refractivity contribution in [3.63, 3.8) is 0 Å². The predicted octanol–water partition coefficient (Wildman–Crippen LogP) is 3.08. The van der Waals surface area contributed by atoms with Crippen LogP contribution in [0.3, 0.4) is 0 Å². The molecule has 0 bridgehead atoms. The molecule has 0 fully saturated rings. The van der Waals surface area contributed by atoms with E-state index >= 15 is 0 Å². The zero-order valence-electron chi connectivity index (χ0n) is 13.7. The molecule has 120 valence electrons. The number of carboxylic acid groups (broad SMARTS) is 1. The van der Waals surface area contributed by atoms with Crippen molar-refractivity contribution in [2.24, 2.45) is 0 Å². The maximum Gasteiger partial charge on any atom is 0.408 e. The molecular formula is C16H23N3O3. The summed E-state index contributed by atoms with van der Waals surface area (Å²) in [7, 11) is 0. The number of amides is 1. The normalized spacial score (nSPS) is 11.6. The molecule has 0 aliphatic carbocycles. The second-order valence-electron chi connectivity index (χ2n) is 6.72. The largest absolute Gasteiger partial charge is 0.490 e. The van der Waals surface area contributed by atoms with E-state index in [1.54, 1.807) is 32.0 Å². The van der Waals surface area contributed by atoms with Gasteiger partial charge in [0.1, 0.15) is 24.0 Å². The number of nitriles is 1. The summed E-state index contributed by atoms with van der Waals surface area (Å²) in [6, 6.07) is 6.96. The molecule has 0 aromatic heterocycles. The molecule has 6 heteroatoms. The molecule has 0 atom stereocenters. The van der Waals surface area contributed by atoms with E-state index in [1.807, 2.05) is 26.8 Å². The van der Waals surface area contributed by atoms with Crippen molar-refractivity contribution < 1.29 is 14.6 Å². The number of benzene rings is 1. The summed E-state index contributed by atoms with van der Waals surface area (Å²) in [6.07, 6.45) is -1.02. The zero-order valence-corrected chi connectivity index (χ0v) is 13.7. The molecule has 6 nitrogen and oxygen atoms in total. The van der Waals surface area contributed by atoms with Gasteiger partial charge in [-0.25, -0.2) is 4.79 Å². The maximum absolute atomic E-state index is 11.6. The van der Waals surface area contributed by atoms with Gasteiger partial charge in [-0.2, -0.15) is 5.26 Å². The second-order valence-corrected chi connectivity index (χ2v) is 6.72. The van der Waals surface area contributed by atoms with Crippen molar-refractivity contribution in [2.45, 2.75) is 45.7 Å². The van der Waals surface area contributed by atoms with E-state index in [-0.39, 0.29) is 12.2 Å². The van der Waals surface area contributed by atoms with Crippen LogP contribution < -0.4 is 10.5 Å². The highest BCUT2D eigenvalue weighted by atomic mass is 16.5. The Balaban J connectivity index is 3.02. The number of ether oxygens (including phenoxy) is 1. The summed E-state index contributed by atoms with van der Waals surface area (Å²) in [5, 5.41) is 18.6. The number of hydrogen-bond donors (Lipinski definition) is 2. The van der Waals surface area contributed by atoms with Crippen LogP contribution >= 0.6 is 0 Å². The molecule has 0 saturated heterocycles. The van der Waals surface area contributed by atoms with E-state index in [0.29, 0.717) is 11.4 Å². The van der Waals surface area contributed by atoms with Gasteiger partial charge in [0.05, 0.1) is 11.2 Å². The van der Waals surface area contributed by atoms with Crippen LogP contribution in [0.1, 0.15) is 40.2 Å². The number of anilines is 1. The van der Waals surface area contributed by atoms with E-state index in [0.717, 1.165) is 0 Å². The summed E-state index contributed by atoms with van der Waals surface area (Å²) in [5.74, 6) is 0.356. The summed E-state index contributed by atoms with van der Waals surface area (Å²) in [5.41, 5.74) is 4.99. The smallest absolute Gasteiger partial charge is 0.408 e. The summed E-state index contributed by atoms with van der Waals surface area (Å²) in [6.45, 7) is 9.14. The Morgan fingerprint density at radius 2 is 1.95 bits per heavy atom. The number of hydrogen-bond acceptors (Lipinski definition) is 4. The average Bonchev–Trinajstić information content (AvgIpc) is 2.33. The SMILES string of the molecule is CC(C)(C)N(C(=O)O)C(C)(C)COc1cccc(N)c1C#N. The monoisotopic (exact) mass is 305 g/mol. The number of carbonyl (C=O) groups is 1. The maximum atomic E-state index is 11.6. The van der Waals surface area contributed by atoms with Gasteiger partial charge < -0.3 is 15.6 Å². The lowest BCUT2D eigenvalue weighted by molar-refractivity contribution is 0.00938. The summed E-state index contributed by atoms with van der Waals surface area (Å²) >= 11 is 0. The Hall–Kier alpha value is -2.42. The van der Waals surface area contributed by atoms with Gasteiger partial charge in [-0.05, 0) is 46.8 Å². The van der Waals surface area contributed by atoms with Crippen LogP contribution in [0.15, 0.2) is 18.2 Å². The highest BCUT2D eigenvalue weighted by molar-refractivity contribution is 5.67. The summed E-state index contributed by atoms with van der Waals surface area (Å²) < 4.78 is 5.69. The molecule has 1 aromatic rings.